The molecule has 7 nitrogen and oxygen atoms in total. The van der Waals surface area contributed by atoms with Crippen molar-refractivity contribution in [3.63, 3.8) is 0 Å². The fourth-order valence-corrected chi connectivity index (χ4v) is 3.08. The van der Waals surface area contributed by atoms with Gasteiger partial charge in [0.2, 0.25) is 0 Å². The van der Waals surface area contributed by atoms with E-state index in [4.69, 9.17) is 11.6 Å². The number of halogens is 3. The van der Waals surface area contributed by atoms with Crippen LogP contribution in [0, 0.1) is 20.8 Å². The van der Waals surface area contributed by atoms with Crippen LogP contribution in [-0.4, -0.2) is 18.1 Å². The van der Waals surface area contributed by atoms with Gasteiger partial charge in [-0.1, -0.05) is 22.8 Å². The van der Waals surface area contributed by atoms with Crippen LogP contribution in [0.25, 0.3) is 0 Å². The van der Waals surface area contributed by atoms with Crippen molar-refractivity contribution >= 4 is 15.9 Å². The van der Waals surface area contributed by atoms with Gasteiger partial charge >= 0.3 is 12.0 Å². The summed E-state index contributed by atoms with van der Waals surface area (Å²) in [6.45, 7) is 5.12. The number of aryl methyl sites for hydroxylation is 3. The molecule has 0 radical (unpaired) electrons. The number of hydrogen-bond donors (Lipinski definition) is 2. The van der Waals surface area contributed by atoms with E-state index >= 15 is 0 Å². The van der Waals surface area contributed by atoms with Crippen molar-refractivity contribution in [3.05, 3.63) is 46.6 Å². The predicted octanol–water partition coefficient (Wildman–Crippen LogP) is 1.20. The van der Waals surface area contributed by atoms with Crippen molar-refractivity contribution in [1.29, 1.82) is 0 Å². The monoisotopic (exact) mass is 378 g/mol. The first-order valence-electron chi connectivity index (χ1n) is 6.77. The molecule has 1 aromatic heterocycles. The van der Waals surface area contributed by atoms with Gasteiger partial charge < -0.3 is 4.55 Å². The summed E-state index contributed by atoms with van der Waals surface area (Å²) < 4.78 is 68.4. The van der Waals surface area contributed by atoms with Gasteiger partial charge in [-0.2, -0.15) is 13.2 Å². The molecule has 0 aliphatic rings. The molecular weight excluding hydrogens is 361 g/mol. The number of benzene rings is 1. The molecule has 0 aliphatic carbocycles. The highest BCUT2D eigenvalue weighted by Gasteiger charge is 2.32. The average Bonchev–Trinajstić information content (AvgIpc) is 2.38. The van der Waals surface area contributed by atoms with E-state index in [1.165, 1.54) is 0 Å². The summed E-state index contributed by atoms with van der Waals surface area (Å²) in [6, 6.07) is 4.10. The molecule has 11 heteroatoms. The predicted molar refractivity (Wildman–Crippen MR) is 82.6 cm³/mol. The number of hydrogen-bond acceptors (Lipinski definition) is 6. The molecule has 0 aliphatic heterocycles. The maximum absolute atomic E-state index is 12.0. The maximum atomic E-state index is 12.0. The largest absolute Gasteiger partial charge is 0.744 e. The number of rotatable bonds is 1. The number of nitrogens with two attached hydrogens (primary N) is 2. The Morgan fingerprint density at radius 3 is 1.96 bits per heavy atom. The molecule has 0 bridgehead atoms. The Morgan fingerprint density at radius 1 is 1.12 bits per heavy atom. The van der Waals surface area contributed by atoms with Gasteiger partial charge in [-0.3, -0.25) is 5.73 Å². The molecule has 2 rings (SSSR count). The van der Waals surface area contributed by atoms with Crippen LogP contribution in [0.2, 0.25) is 0 Å². The lowest BCUT2D eigenvalue weighted by molar-refractivity contribution is -0.686. The van der Waals surface area contributed by atoms with Crippen LogP contribution >= 0.6 is 0 Å². The van der Waals surface area contributed by atoms with E-state index in [9.17, 15) is 26.1 Å². The highest BCUT2D eigenvalue weighted by molar-refractivity contribution is 7.85. The SMILES string of the molecule is Cc1cc(C)c(S(=O)(=O)[O-])c(C)c1.Nc1cc(C(F)(F)F)cn[n+]1N. The summed E-state index contributed by atoms with van der Waals surface area (Å²) >= 11 is 0. The van der Waals surface area contributed by atoms with E-state index in [1.54, 1.807) is 26.0 Å². The molecule has 0 spiro atoms. The van der Waals surface area contributed by atoms with E-state index in [1.807, 2.05) is 6.92 Å². The summed E-state index contributed by atoms with van der Waals surface area (Å²) in [5.41, 5.74) is 6.18. The Kier molecular flexibility index (Phi) is 5.97. The van der Waals surface area contributed by atoms with E-state index in [0.29, 0.717) is 28.2 Å². The third-order valence-corrected chi connectivity index (χ3v) is 4.22. The number of aromatic nitrogens is 2. The highest BCUT2D eigenvalue weighted by atomic mass is 32.2. The minimum atomic E-state index is -4.44. The molecule has 0 atom stereocenters. The van der Waals surface area contributed by atoms with Crippen LogP contribution in [0.4, 0.5) is 19.0 Å². The molecule has 2 aromatic rings. The standard InChI is InChI=1S/C9H12O3S.C5H5F3N4/c1-6-4-7(2)9(8(3)5-6)13(10,11)12;6-5(7,8)3-1-4(9)12(10)11-2-3/h4-5H,1-3H3,(H,10,11,12);1-2,9H,10H2. The van der Waals surface area contributed by atoms with Crippen molar-refractivity contribution in [2.75, 3.05) is 11.6 Å². The fraction of sp³-hybridized carbons (Fsp3) is 0.286. The molecule has 0 fully saturated rings. The summed E-state index contributed by atoms with van der Waals surface area (Å²) in [5, 5.41) is 3.19. The highest BCUT2D eigenvalue weighted by Crippen LogP contribution is 2.28. The first-order valence-corrected chi connectivity index (χ1v) is 8.18. The summed E-state index contributed by atoms with van der Waals surface area (Å²) in [6.07, 6.45) is -3.83. The van der Waals surface area contributed by atoms with Crippen LogP contribution in [-0.2, 0) is 16.3 Å². The van der Waals surface area contributed by atoms with Gasteiger partial charge in [0, 0.05) is 6.07 Å². The smallest absolute Gasteiger partial charge is 0.418 e. The van der Waals surface area contributed by atoms with Gasteiger partial charge in [-0.05, 0) is 36.7 Å². The van der Waals surface area contributed by atoms with E-state index in [-0.39, 0.29) is 10.7 Å². The Balaban J connectivity index is 0.000000251. The summed E-state index contributed by atoms with van der Waals surface area (Å²) in [4.78, 5) is 0.577. The Labute approximate surface area is 142 Å². The van der Waals surface area contributed by atoms with Crippen LogP contribution < -0.4 is 16.4 Å². The van der Waals surface area contributed by atoms with E-state index in [0.717, 1.165) is 5.56 Å². The van der Waals surface area contributed by atoms with Gasteiger partial charge in [0.05, 0.1) is 16.7 Å². The third-order valence-electron chi connectivity index (χ3n) is 3.07. The lowest BCUT2D eigenvalue weighted by atomic mass is 10.1. The second kappa shape index (κ2) is 7.23. The molecule has 0 unspecified atom stereocenters. The van der Waals surface area contributed by atoms with Crippen molar-refractivity contribution in [1.82, 2.24) is 5.10 Å². The third kappa shape index (κ3) is 5.57. The maximum Gasteiger partial charge on any atom is 0.418 e. The van der Waals surface area contributed by atoms with Crippen LogP contribution in [0.5, 0.6) is 0 Å². The van der Waals surface area contributed by atoms with Gasteiger partial charge in [-0.25, -0.2) is 14.3 Å². The van der Waals surface area contributed by atoms with Crippen LogP contribution in [0.1, 0.15) is 22.3 Å². The van der Waals surface area contributed by atoms with Gasteiger partial charge in [0.25, 0.3) is 0 Å². The average molecular weight is 378 g/mol. The molecule has 0 saturated carbocycles. The fourth-order valence-electron chi connectivity index (χ4n) is 2.17. The van der Waals surface area contributed by atoms with E-state index < -0.39 is 21.9 Å². The molecule has 0 amide bonds. The first kappa shape index (κ1) is 20.6. The minimum absolute atomic E-state index is 0.0851. The Hall–Kier alpha value is -2.40. The quantitative estimate of drug-likeness (QED) is 0.436. The molecule has 4 N–H and O–H groups in total. The normalized spacial score (nSPS) is 11.6. The lowest BCUT2D eigenvalue weighted by Crippen LogP contribution is -2.50. The number of nitrogens with zero attached hydrogens (tertiary/aromatic N) is 2. The Bertz CT molecular complexity index is 860. The van der Waals surface area contributed by atoms with Crippen molar-refractivity contribution in [2.45, 2.75) is 31.8 Å². The molecule has 1 heterocycles. The zero-order valence-electron chi connectivity index (χ0n) is 13.6. The van der Waals surface area contributed by atoms with Gasteiger partial charge in [0.1, 0.15) is 10.1 Å². The van der Waals surface area contributed by atoms with Crippen molar-refractivity contribution in [2.24, 2.45) is 0 Å². The second-order valence-electron chi connectivity index (χ2n) is 5.29. The Morgan fingerprint density at radius 2 is 1.60 bits per heavy atom. The topological polar surface area (TPSA) is 126 Å². The van der Waals surface area contributed by atoms with Gasteiger partial charge in [0.15, 0.2) is 0 Å². The second-order valence-corrected chi connectivity index (χ2v) is 6.61. The van der Waals surface area contributed by atoms with Crippen LogP contribution in [0.3, 0.4) is 0 Å². The lowest BCUT2D eigenvalue weighted by Gasteiger charge is -2.14. The zero-order valence-corrected chi connectivity index (χ0v) is 14.4. The minimum Gasteiger partial charge on any atom is -0.744 e. The molecule has 25 heavy (non-hydrogen) atoms. The van der Waals surface area contributed by atoms with E-state index in [2.05, 4.69) is 5.10 Å². The summed E-state index contributed by atoms with van der Waals surface area (Å²) in [7, 11) is -4.33. The molecular formula is C14H17F3N4O3S. The van der Waals surface area contributed by atoms with Crippen molar-refractivity contribution < 1.29 is 30.9 Å². The van der Waals surface area contributed by atoms with Crippen LogP contribution in [0.15, 0.2) is 29.3 Å². The number of anilines is 1. The van der Waals surface area contributed by atoms with Crippen molar-refractivity contribution in [3.8, 4) is 0 Å². The molecule has 138 valence electrons. The first-order chi connectivity index (χ1) is 11.2. The molecule has 1 aromatic carbocycles. The molecule has 0 saturated heterocycles. The zero-order chi connectivity index (χ0) is 19.6. The van der Waals surface area contributed by atoms with Gasteiger partial charge in [-0.15, -0.1) is 0 Å². The number of alkyl halides is 3. The number of nitrogen functional groups attached to an aromatic ring is 2. The summed E-state index contributed by atoms with van der Waals surface area (Å²) in [5.74, 6) is 4.80.